The summed E-state index contributed by atoms with van der Waals surface area (Å²) in [7, 11) is 1.87. The van der Waals surface area contributed by atoms with Crippen LogP contribution < -0.4 is 0 Å². The third kappa shape index (κ3) is 4.25. The van der Waals surface area contributed by atoms with Crippen molar-refractivity contribution in [3.8, 4) is 0 Å². The number of hydrogen-bond donors (Lipinski definition) is 0. The largest absolute Gasteiger partial charge is 0.293 e. The van der Waals surface area contributed by atoms with Crippen LogP contribution in [0.5, 0.6) is 0 Å². The zero-order valence-electron chi connectivity index (χ0n) is 10.1. The number of hydrogen-bond acceptors (Lipinski definition) is 1. The molecule has 0 radical (unpaired) electrons. The SMILES string of the molecule is CN=C(/C=C(\C)C(C)C)C(C)(C)C. The van der Waals surface area contributed by atoms with Crippen LogP contribution in [-0.2, 0) is 0 Å². The molecule has 0 atom stereocenters. The third-order valence-corrected chi connectivity index (χ3v) is 2.28. The predicted octanol–water partition coefficient (Wildman–Crippen LogP) is 3.71. The fourth-order valence-corrected chi connectivity index (χ4v) is 0.999. The molecular weight excluding hydrogens is 158 g/mol. The minimum Gasteiger partial charge on any atom is -0.293 e. The molecule has 0 unspecified atom stereocenters. The fourth-order valence-electron chi connectivity index (χ4n) is 0.999. The Kier molecular flexibility index (Phi) is 4.38. The highest BCUT2D eigenvalue weighted by atomic mass is 14.7. The molecule has 0 bridgehead atoms. The fraction of sp³-hybridized carbons (Fsp3) is 0.750. The van der Waals surface area contributed by atoms with Crippen molar-refractivity contribution in [2.24, 2.45) is 16.3 Å². The molecule has 0 amide bonds. The third-order valence-electron chi connectivity index (χ3n) is 2.28. The molecule has 1 nitrogen and oxygen atoms in total. The Morgan fingerprint density at radius 1 is 1.23 bits per heavy atom. The summed E-state index contributed by atoms with van der Waals surface area (Å²) in [5.41, 5.74) is 2.74. The van der Waals surface area contributed by atoms with E-state index in [1.807, 2.05) is 7.05 Å². The quantitative estimate of drug-likeness (QED) is 0.576. The molecule has 0 aliphatic rings. The number of aliphatic imine (C=N–C) groups is 1. The summed E-state index contributed by atoms with van der Waals surface area (Å²) < 4.78 is 0. The van der Waals surface area contributed by atoms with E-state index in [0.29, 0.717) is 5.92 Å². The first kappa shape index (κ1) is 12.4. The Balaban J connectivity index is 4.77. The normalized spacial score (nSPS) is 15.4. The first-order chi connectivity index (χ1) is 5.79. The van der Waals surface area contributed by atoms with Crippen molar-refractivity contribution >= 4 is 5.71 Å². The first-order valence-corrected chi connectivity index (χ1v) is 4.94. The van der Waals surface area contributed by atoms with Crippen LogP contribution in [0.25, 0.3) is 0 Å². The highest BCUT2D eigenvalue weighted by Crippen LogP contribution is 2.19. The van der Waals surface area contributed by atoms with Crippen LogP contribution in [0.1, 0.15) is 41.5 Å². The van der Waals surface area contributed by atoms with Gasteiger partial charge < -0.3 is 0 Å². The number of nitrogens with zero attached hydrogens (tertiary/aromatic N) is 1. The van der Waals surface area contributed by atoms with Gasteiger partial charge in [0.05, 0.1) is 0 Å². The molecular formula is C12H23N. The Bertz CT molecular complexity index is 214. The van der Waals surface area contributed by atoms with Crippen LogP contribution in [0.2, 0.25) is 0 Å². The van der Waals surface area contributed by atoms with Gasteiger partial charge in [0.1, 0.15) is 0 Å². The molecule has 0 saturated heterocycles. The smallest absolute Gasteiger partial charge is 0.0397 e. The lowest BCUT2D eigenvalue weighted by molar-refractivity contribution is 0.592. The molecule has 0 rings (SSSR count). The van der Waals surface area contributed by atoms with Gasteiger partial charge in [0.2, 0.25) is 0 Å². The van der Waals surface area contributed by atoms with Gasteiger partial charge in [-0.25, -0.2) is 0 Å². The van der Waals surface area contributed by atoms with Gasteiger partial charge in [-0.2, -0.15) is 0 Å². The van der Waals surface area contributed by atoms with Gasteiger partial charge in [0.25, 0.3) is 0 Å². The minimum absolute atomic E-state index is 0.158. The van der Waals surface area contributed by atoms with Crippen LogP contribution >= 0.6 is 0 Å². The first-order valence-electron chi connectivity index (χ1n) is 4.94. The lowest BCUT2D eigenvalue weighted by Gasteiger charge is -2.19. The average Bonchev–Trinajstić information content (AvgIpc) is 1.96. The van der Waals surface area contributed by atoms with E-state index in [1.54, 1.807) is 0 Å². The average molecular weight is 181 g/mol. The molecule has 0 heterocycles. The summed E-state index contributed by atoms with van der Waals surface area (Å²) in [6.07, 6.45) is 2.21. The van der Waals surface area contributed by atoms with Crippen LogP contribution in [0.3, 0.4) is 0 Å². The topological polar surface area (TPSA) is 12.4 Å². The molecule has 0 N–H and O–H groups in total. The highest BCUT2D eigenvalue weighted by molar-refractivity contribution is 5.99. The van der Waals surface area contributed by atoms with Crippen molar-refractivity contribution in [1.29, 1.82) is 0 Å². The highest BCUT2D eigenvalue weighted by Gasteiger charge is 2.16. The van der Waals surface area contributed by atoms with Crippen molar-refractivity contribution in [2.45, 2.75) is 41.5 Å². The molecule has 0 fully saturated rings. The van der Waals surface area contributed by atoms with E-state index in [4.69, 9.17) is 0 Å². The summed E-state index contributed by atoms with van der Waals surface area (Å²) in [4.78, 5) is 4.32. The summed E-state index contributed by atoms with van der Waals surface area (Å²) in [5.74, 6) is 0.610. The van der Waals surface area contributed by atoms with Gasteiger partial charge in [-0.15, -0.1) is 0 Å². The lowest BCUT2D eigenvalue weighted by atomic mass is 9.87. The summed E-state index contributed by atoms with van der Waals surface area (Å²) in [6.45, 7) is 13.2. The minimum atomic E-state index is 0.158. The second kappa shape index (κ2) is 4.59. The molecule has 13 heavy (non-hydrogen) atoms. The van der Waals surface area contributed by atoms with E-state index < -0.39 is 0 Å². The molecule has 0 aliphatic carbocycles. The van der Waals surface area contributed by atoms with Crippen molar-refractivity contribution in [2.75, 3.05) is 7.05 Å². The van der Waals surface area contributed by atoms with Gasteiger partial charge in [0, 0.05) is 18.2 Å². The molecule has 0 saturated carbocycles. The van der Waals surface area contributed by atoms with E-state index in [1.165, 1.54) is 11.3 Å². The summed E-state index contributed by atoms with van der Waals surface area (Å²) in [5, 5.41) is 0. The molecule has 0 aromatic heterocycles. The van der Waals surface area contributed by atoms with Crippen LogP contribution in [0, 0.1) is 11.3 Å². The van der Waals surface area contributed by atoms with Crippen molar-refractivity contribution in [3.05, 3.63) is 11.6 Å². The van der Waals surface area contributed by atoms with E-state index in [2.05, 4.69) is 52.6 Å². The van der Waals surface area contributed by atoms with Crippen LogP contribution in [-0.4, -0.2) is 12.8 Å². The second-order valence-electron chi connectivity index (χ2n) is 4.90. The monoisotopic (exact) mass is 181 g/mol. The maximum atomic E-state index is 4.32. The number of rotatable bonds is 2. The van der Waals surface area contributed by atoms with E-state index >= 15 is 0 Å². The van der Waals surface area contributed by atoms with E-state index in [0.717, 1.165) is 0 Å². The molecule has 0 aromatic carbocycles. The van der Waals surface area contributed by atoms with Crippen LogP contribution in [0.15, 0.2) is 16.6 Å². The Morgan fingerprint density at radius 2 is 1.69 bits per heavy atom. The van der Waals surface area contributed by atoms with Gasteiger partial charge in [-0.1, -0.05) is 40.2 Å². The Hall–Kier alpha value is -0.590. The second-order valence-corrected chi connectivity index (χ2v) is 4.90. The van der Waals surface area contributed by atoms with Crippen molar-refractivity contribution < 1.29 is 0 Å². The Morgan fingerprint density at radius 3 is 1.92 bits per heavy atom. The summed E-state index contributed by atoms with van der Waals surface area (Å²) in [6, 6.07) is 0. The van der Waals surface area contributed by atoms with Crippen molar-refractivity contribution in [1.82, 2.24) is 0 Å². The zero-order valence-corrected chi connectivity index (χ0v) is 10.1. The lowest BCUT2D eigenvalue weighted by Crippen LogP contribution is -2.18. The predicted molar refractivity (Wildman–Crippen MR) is 61.4 cm³/mol. The maximum Gasteiger partial charge on any atom is 0.0397 e. The van der Waals surface area contributed by atoms with Gasteiger partial charge >= 0.3 is 0 Å². The number of allylic oxidation sites excluding steroid dienone is 2. The summed E-state index contributed by atoms with van der Waals surface area (Å²) >= 11 is 0. The van der Waals surface area contributed by atoms with E-state index in [9.17, 15) is 0 Å². The molecule has 0 aromatic rings. The standard InChI is InChI=1S/C12H23N/c1-9(2)10(3)8-11(13-7)12(4,5)6/h8-9H,1-7H3/b10-8+,13-11?. The molecule has 0 aliphatic heterocycles. The zero-order chi connectivity index (χ0) is 10.6. The van der Waals surface area contributed by atoms with Crippen molar-refractivity contribution in [3.63, 3.8) is 0 Å². The molecule has 0 spiro atoms. The van der Waals surface area contributed by atoms with Crippen LogP contribution in [0.4, 0.5) is 0 Å². The molecule has 1 heteroatoms. The van der Waals surface area contributed by atoms with Gasteiger partial charge in [-0.05, 0) is 18.9 Å². The van der Waals surface area contributed by atoms with E-state index in [-0.39, 0.29) is 5.41 Å². The Labute approximate surface area is 83.0 Å². The van der Waals surface area contributed by atoms with Gasteiger partial charge in [0.15, 0.2) is 0 Å². The molecule has 76 valence electrons. The van der Waals surface area contributed by atoms with Gasteiger partial charge in [-0.3, -0.25) is 4.99 Å². The maximum absolute atomic E-state index is 4.32.